The van der Waals surface area contributed by atoms with Crippen LogP contribution in [0.5, 0.6) is 17.2 Å². The molecule has 3 aromatic rings. The van der Waals surface area contributed by atoms with Crippen LogP contribution in [-0.4, -0.2) is 43.4 Å². The molecule has 1 aliphatic rings. The Labute approximate surface area is 188 Å². The molecule has 1 fully saturated rings. The van der Waals surface area contributed by atoms with E-state index in [1.165, 1.54) is 0 Å². The molecular weight excluding hydrogens is 404 g/mol. The third-order valence-electron chi connectivity index (χ3n) is 5.65. The zero-order chi connectivity index (χ0) is 22.5. The van der Waals surface area contributed by atoms with E-state index in [2.05, 4.69) is 11.0 Å². The largest absolute Gasteiger partial charge is 0.496 e. The van der Waals surface area contributed by atoms with Gasteiger partial charge in [0.2, 0.25) is 0 Å². The zero-order valence-electron chi connectivity index (χ0n) is 18.2. The molecule has 4 rings (SSSR count). The quantitative estimate of drug-likeness (QED) is 0.582. The van der Waals surface area contributed by atoms with Gasteiger partial charge in [-0.1, -0.05) is 42.5 Å². The summed E-state index contributed by atoms with van der Waals surface area (Å²) in [4.78, 5) is 2.13. The van der Waals surface area contributed by atoms with Gasteiger partial charge in [0.05, 0.1) is 37.5 Å². The van der Waals surface area contributed by atoms with Gasteiger partial charge in [-0.3, -0.25) is 4.90 Å². The number of benzene rings is 3. The Morgan fingerprint density at radius 1 is 0.969 bits per heavy atom. The molecule has 0 unspecified atom stereocenters. The lowest BCUT2D eigenvalue weighted by molar-refractivity contribution is -0.00360. The lowest BCUT2D eigenvalue weighted by Crippen LogP contribution is -2.49. The summed E-state index contributed by atoms with van der Waals surface area (Å²) in [5, 5.41) is 19.1. The number of rotatable bonds is 8. The Bertz CT molecular complexity index is 1110. The molecule has 0 amide bonds. The molecule has 0 atom stereocenters. The summed E-state index contributed by atoms with van der Waals surface area (Å²) in [6.07, 6.45) is -0.263. The van der Waals surface area contributed by atoms with Gasteiger partial charge in [-0.2, -0.15) is 5.26 Å². The maximum Gasteiger partial charge on any atom is 0.130 e. The van der Waals surface area contributed by atoms with Crippen LogP contribution in [0.3, 0.4) is 0 Å². The Balaban J connectivity index is 1.58. The van der Waals surface area contributed by atoms with Crippen molar-refractivity contribution in [1.29, 1.82) is 5.26 Å². The number of hydrogen-bond acceptors (Lipinski definition) is 6. The van der Waals surface area contributed by atoms with Crippen molar-refractivity contribution in [2.45, 2.75) is 19.3 Å². The third-order valence-corrected chi connectivity index (χ3v) is 5.65. The third kappa shape index (κ3) is 4.54. The van der Waals surface area contributed by atoms with E-state index in [0.717, 1.165) is 22.3 Å². The van der Waals surface area contributed by atoms with E-state index in [0.29, 0.717) is 49.1 Å². The van der Waals surface area contributed by atoms with E-state index >= 15 is 0 Å². The van der Waals surface area contributed by atoms with Gasteiger partial charge in [-0.25, -0.2) is 0 Å². The SMILES string of the molecule is COc1cc(OCc2ccccc2-c2ccccc2C#N)cc(OC)c1CN1CC(O)C1. The van der Waals surface area contributed by atoms with Crippen LogP contribution in [0.1, 0.15) is 16.7 Å². The molecule has 1 aliphatic heterocycles. The maximum absolute atomic E-state index is 9.57. The highest BCUT2D eigenvalue weighted by atomic mass is 16.5. The second-order valence-electron chi connectivity index (χ2n) is 7.76. The molecule has 0 radical (unpaired) electrons. The van der Waals surface area contributed by atoms with Gasteiger partial charge in [-0.05, 0) is 22.8 Å². The molecule has 0 bridgehead atoms. The van der Waals surface area contributed by atoms with Crippen molar-refractivity contribution in [2.75, 3.05) is 27.3 Å². The van der Waals surface area contributed by atoms with Crippen LogP contribution in [0.15, 0.2) is 60.7 Å². The van der Waals surface area contributed by atoms with E-state index in [1.807, 2.05) is 60.7 Å². The van der Waals surface area contributed by atoms with Gasteiger partial charge in [0.25, 0.3) is 0 Å². The first kappa shape index (κ1) is 21.7. The van der Waals surface area contributed by atoms with Crippen molar-refractivity contribution in [2.24, 2.45) is 0 Å². The number of methoxy groups -OCH3 is 2. The minimum atomic E-state index is -0.263. The van der Waals surface area contributed by atoms with E-state index in [-0.39, 0.29) is 6.10 Å². The highest BCUT2D eigenvalue weighted by Crippen LogP contribution is 2.36. The number of aliphatic hydroxyl groups excluding tert-OH is 1. The van der Waals surface area contributed by atoms with Gasteiger partial charge in [-0.15, -0.1) is 0 Å². The molecule has 0 saturated carbocycles. The van der Waals surface area contributed by atoms with Crippen LogP contribution in [0, 0.1) is 11.3 Å². The fourth-order valence-corrected chi connectivity index (χ4v) is 3.98. The van der Waals surface area contributed by atoms with Gasteiger partial charge >= 0.3 is 0 Å². The minimum absolute atomic E-state index is 0.263. The van der Waals surface area contributed by atoms with Crippen LogP contribution in [0.25, 0.3) is 11.1 Å². The second-order valence-corrected chi connectivity index (χ2v) is 7.76. The van der Waals surface area contributed by atoms with E-state index in [9.17, 15) is 10.4 Å². The molecule has 0 aromatic heterocycles. The average molecular weight is 431 g/mol. The average Bonchev–Trinajstić information content (AvgIpc) is 2.82. The van der Waals surface area contributed by atoms with Crippen molar-refractivity contribution in [1.82, 2.24) is 4.90 Å². The number of nitrogens with zero attached hydrogens (tertiary/aromatic N) is 2. The zero-order valence-corrected chi connectivity index (χ0v) is 18.2. The van der Waals surface area contributed by atoms with E-state index in [4.69, 9.17) is 14.2 Å². The minimum Gasteiger partial charge on any atom is -0.496 e. The van der Waals surface area contributed by atoms with E-state index < -0.39 is 0 Å². The van der Waals surface area contributed by atoms with Crippen molar-refractivity contribution in [3.05, 3.63) is 77.4 Å². The predicted molar refractivity (Wildman–Crippen MR) is 122 cm³/mol. The molecule has 1 N–H and O–H groups in total. The number of hydrogen-bond donors (Lipinski definition) is 1. The number of nitriles is 1. The van der Waals surface area contributed by atoms with Crippen molar-refractivity contribution in [3.8, 4) is 34.4 Å². The summed E-state index contributed by atoms with van der Waals surface area (Å²) in [5.41, 5.74) is 4.39. The summed E-state index contributed by atoms with van der Waals surface area (Å²) < 4.78 is 17.4. The lowest BCUT2D eigenvalue weighted by atomic mass is 9.96. The smallest absolute Gasteiger partial charge is 0.130 e. The van der Waals surface area contributed by atoms with Crippen LogP contribution in [-0.2, 0) is 13.2 Å². The molecule has 0 aliphatic carbocycles. The monoisotopic (exact) mass is 430 g/mol. The Morgan fingerprint density at radius 3 is 2.22 bits per heavy atom. The fourth-order valence-electron chi connectivity index (χ4n) is 3.98. The molecule has 6 heteroatoms. The van der Waals surface area contributed by atoms with Gasteiger partial charge in [0.1, 0.15) is 23.9 Å². The lowest BCUT2D eigenvalue weighted by Gasteiger charge is -2.36. The van der Waals surface area contributed by atoms with Crippen molar-refractivity contribution in [3.63, 3.8) is 0 Å². The van der Waals surface area contributed by atoms with Crippen LogP contribution >= 0.6 is 0 Å². The molecule has 1 saturated heterocycles. The second kappa shape index (κ2) is 9.73. The van der Waals surface area contributed by atoms with E-state index in [1.54, 1.807) is 14.2 Å². The van der Waals surface area contributed by atoms with Crippen LogP contribution < -0.4 is 14.2 Å². The number of likely N-dealkylation sites (tertiary alicyclic amines) is 1. The molecule has 0 spiro atoms. The topological polar surface area (TPSA) is 75.0 Å². The molecule has 164 valence electrons. The van der Waals surface area contributed by atoms with Crippen LogP contribution in [0.4, 0.5) is 0 Å². The standard InChI is InChI=1S/C26H26N2O4/c1-30-25-11-21(12-26(31-2)24(25)16-28-14-20(29)15-28)32-17-19-8-4-6-10-23(19)22-9-5-3-7-18(22)13-27/h3-12,20,29H,14-17H2,1-2H3. The van der Waals surface area contributed by atoms with Crippen LogP contribution in [0.2, 0.25) is 0 Å². The number of β-amino-alcohol motifs (C(OH)–C–C–N with tert-alkyl or cyclic N) is 1. The first-order chi connectivity index (χ1) is 15.6. The highest BCUT2D eigenvalue weighted by Gasteiger charge is 2.27. The first-order valence-electron chi connectivity index (χ1n) is 10.5. The summed E-state index contributed by atoms with van der Waals surface area (Å²) in [6.45, 7) is 2.26. The highest BCUT2D eigenvalue weighted by molar-refractivity contribution is 5.73. The Morgan fingerprint density at radius 2 is 1.59 bits per heavy atom. The molecule has 32 heavy (non-hydrogen) atoms. The molecule has 1 heterocycles. The van der Waals surface area contributed by atoms with Gasteiger partial charge in [0.15, 0.2) is 0 Å². The van der Waals surface area contributed by atoms with Crippen molar-refractivity contribution >= 4 is 0 Å². The summed E-state index contributed by atoms with van der Waals surface area (Å²) in [7, 11) is 3.25. The molecule has 6 nitrogen and oxygen atoms in total. The predicted octanol–water partition coefficient (Wildman–Crippen LogP) is 4.00. The fraction of sp³-hybridized carbons (Fsp3) is 0.269. The molecule has 3 aromatic carbocycles. The normalized spacial score (nSPS) is 13.8. The number of ether oxygens (including phenoxy) is 3. The summed E-state index contributed by atoms with van der Waals surface area (Å²) in [5.74, 6) is 2.00. The number of aliphatic hydroxyl groups is 1. The maximum atomic E-state index is 9.57. The molecular formula is C26H26N2O4. The van der Waals surface area contributed by atoms with Crippen molar-refractivity contribution < 1.29 is 19.3 Å². The summed E-state index contributed by atoms with van der Waals surface area (Å²) in [6, 6.07) is 21.5. The van der Waals surface area contributed by atoms with Gasteiger partial charge < -0.3 is 19.3 Å². The Hall–Kier alpha value is -3.53. The Kier molecular flexibility index (Phi) is 6.60. The summed E-state index contributed by atoms with van der Waals surface area (Å²) >= 11 is 0. The van der Waals surface area contributed by atoms with Gasteiger partial charge in [0, 0.05) is 31.8 Å². The first-order valence-corrected chi connectivity index (χ1v) is 10.5.